The van der Waals surface area contributed by atoms with Crippen LogP contribution < -0.4 is 0 Å². The lowest BCUT2D eigenvalue weighted by atomic mass is 9.93. The van der Waals surface area contributed by atoms with Gasteiger partial charge < -0.3 is 14.2 Å². The van der Waals surface area contributed by atoms with Crippen LogP contribution in [0, 0.1) is 22.2 Å². The number of rotatable bonds is 7. The summed E-state index contributed by atoms with van der Waals surface area (Å²) < 4.78 is 14.3. The first-order valence-corrected chi connectivity index (χ1v) is 9.45. The van der Waals surface area contributed by atoms with Crippen molar-refractivity contribution in [3.8, 4) is 6.07 Å². The normalized spacial score (nSPS) is 9.57. The number of hydrogen-bond donors (Lipinski definition) is 0. The largest absolute Gasteiger partial charge is 0.385 e. The molecule has 0 aliphatic heterocycles. The van der Waals surface area contributed by atoms with Crippen molar-refractivity contribution in [2.75, 3.05) is 46.9 Å². The summed E-state index contributed by atoms with van der Waals surface area (Å²) in [4.78, 5) is 11.2. The Bertz CT molecular complexity index is 342. The van der Waals surface area contributed by atoms with Crippen LogP contribution in [0.3, 0.4) is 0 Å². The van der Waals surface area contributed by atoms with E-state index in [-0.39, 0.29) is 32.8 Å². The molecule has 0 aliphatic rings. The molecule has 0 N–H and O–H groups in total. The molecule has 0 aromatic rings. The topological polar surface area (TPSA) is 68.6 Å². The van der Waals surface area contributed by atoms with E-state index in [4.69, 9.17) is 14.7 Å². The number of carbonyl (C=O) groups is 1. The zero-order chi connectivity index (χ0) is 20.4. The van der Waals surface area contributed by atoms with Gasteiger partial charge in [0.15, 0.2) is 5.12 Å². The van der Waals surface area contributed by atoms with E-state index in [1.54, 1.807) is 21.3 Å². The van der Waals surface area contributed by atoms with Crippen LogP contribution in [0.2, 0.25) is 0 Å². The Balaban J connectivity index is -0.0000000641. The van der Waals surface area contributed by atoms with Crippen LogP contribution in [0.5, 0.6) is 0 Å². The average molecular weight is 426 g/mol. The van der Waals surface area contributed by atoms with Gasteiger partial charge in [-0.1, -0.05) is 75.6 Å². The van der Waals surface area contributed by atoms with Crippen molar-refractivity contribution < 1.29 is 19.0 Å². The number of methoxy groups -OCH3 is 3. The molecule has 0 saturated carbocycles. The summed E-state index contributed by atoms with van der Waals surface area (Å²) in [7, 11) is 4.96. The molecule has 28 heavy (non-hydrogen) atoms. The molecule has 0 bridgehead atoms. The molecule has 0 aromatic heterocycles. The van der Waals surface area contributed by atoms with Crippen molar-refractivity contribution in [3.63, 3.8) is 0 Å². The molecule has 0 atom stereocenters. The zero-order valence-corrected chi connectivity index (χ0v) is 18.5. The van der Waals surface area contributed by atoms with Crippen LogP contribution >= 0.6 is 11.8 Å². The second-order valence-corrected chi connectivity index (χ2v) is 8.65. The Kier molecular flexibility index (Phi) is 39.3. The predicted octanol–water partition coefficient (Wildman–Crippen LogP) is 6.46. The van der Waals surface area contributed by atoms with Crippen molar-refractivity contribution in [1.82, 2.24) is 0 Å². The minimum Gasteiger partial charge on any atom is -0.385 e. The monoisotopic (exact) mass is 425 g/mol. The molecule has 0 rings (SSSR count). The number of ether oxygens (including phenoxy) is 3. The molecule has 0 unspecified atom stereocenters. The van der Waals surface area contributed by atoms with Gasteiger partial charge in [-0.15, -0.1) is 0 Å². The first-order chi connectivity index (χ1) is 11.5. The molecule has 5 nitrogen and oxygen atoms in total. The first-order valence-electron chi connectivity index (χ1n) is 8.47. The third-order valence-corrected chi connectivity index (χ3v) is 3.85. The molecule has 0 saturated heterocycles. The smallest absolute Gasteiger partial charge is 0.194 e. The van der Waals surface area contributed by atoms with Gasteiger partial charge in [-0.3, -0.25) is 4.79 Å². The van der Waals surface area contributed by atoms with E-state index in [1.165, 1.54) is 11.8 Å². The molecule has 0 aliphatic carbocycles. The molecule has 0 aromatic carbocycles. The average Bonchev–Trinajstić information content (AvgIpc) is 2.50. The number of thioether (sulfide) groups is 1. The van der Waals surface area contributed by atoms with E-state index < -0.39 is 0 Å². The molecule has 0 fully saturated rings. The fourth-order valence-corrected chi connectivity index (χ4v) is 1.86. The number of nitrogens with zero attached hydrogens (tertiary/aromatic N) is 1. The minimum atomic E-state index is -0.224. The fourth-order valence-electron chi connectivity index (χ4n) is 0.990. The maximum Gasteiger partial charge on any atom is 0.194 e. The van der Waals surface area contributed by atoms with E-state index in [2.05, 4.69) is 25.5 Å². The molecule has 6 heteroatoms. The summed E-state index contributed by atoms with van der Waals surface area (Å²) >= 11 is 1.34. The highest BCUT2D eigenvalue weighted by molar-refractivity contribution is 8.13. The van der Waals surface area contributed by atoms with Gasteiger partial charge in [-0.25, -0.2) is 0 Å². The molecule has 0 spiro atoms. The van der Waals surface area contributed by atoms with Crippen molar-refractivity contribution in [3.05, 3.63) is 0 Å². The van der Waals surface area contributed by atoms with Gasteiger partial charge in [0.2, 0.25) is 0 Å². The van der Waals surface area contributed by atoms with E-state index in [9.17, 15) is 4.79 Å². The summed E-state index contributed by atoms with van der Waals surface area (Å²) in [6.45, 7) is 14.5. The summed E-state index contributed by atoms with van der Waals surface area (Å²) in [5.41, 5.74) is 0.203. The Morgan fingerprint density at radius 3 is 1.50 bits per heavy atom. The second-order valence-electron chi connectivity index (χ2n) is 7.58. The zero-order valence-electron chi connectivity index (χ0n) is 17.7. The maximum absolute atomic E-state index is 11.2. The van der Waals surface area contributed by atoms with Crippen molar-refractivity contribution in [2.24, 2.45) is 10.8 Å². The number of hydrogen-bond acceptors (Lipinski definition) is 6. The van der Waals surface area contributed by atoms with Gasteiger partial charge in [-0.2, -0.15) is 5.26 Å². The van der Waals surface area contributed by atoms with E-state index in [1.807, 2.05) is 26.8 Å². The van der Waals surface area contributed by atoms with Gasteiger partial charge in [-0.05, 0) is 11.8 Å². The Morgan fingerprint density at radius 2 is 1.29 bits per heavy atom. The lowest BCUT2D eigenvalue weighted by Crippen LogP contribution is -2.17. The Hall–Kier alpha value is -0.610. The van der Waals surface area contributed by atoms with Gasteiger partial charge in [0.25, 0.3) is 0 Å². The number of carbonyl (C=O) groups excluding carboxylic acids is 1. The SMILES string of the molecule is C.C.C.COCCC#N.COCCC(C)(C)C.COCCSC(=O)C(C)(C)C. The highest BCUT2D eigenvalue weighted by atomic mass is 32.2. The Labute approximate surface area is 181 Å². The second kappa shape index (κ2) is 26.4. The van der Waals surface area contributed by atoms with Crippen LogP contribution in [0.4, 0.5) is 0 Å². The highest BCUT2D eigenvalue weighted by Crippen LogP contribution is 2.22. The van der Waals surface area contributed by atoms with Gasteiger partial charge in [0.1, 0.15) is 0 Å². The quantitative estimate of drug-likeness (QED) is 0.436. The highest BCUT2D eigenvalue weighted by Gasteiger charge is 2.20. The summed E-state index contributed by atoms with van der Waals surface area (Å²) in [5.74, 6) is 0.757. The number of nitriles is 1. The molecule has 0 radical (unpaired) electrons. The van der Waals surface area contributed by atoms with Gasteiger partial charge in [0, 0.05) is 39.1 Å². The maximum atomic E-state index is 11.2. The van der Waals surface area contributed by atoms with Crippen LogP contribution in [-0.4, -0.2) is 52.0 Å². The van der Waals surface area contributed by atoms with Gasteiger partial charge >= 0.3 is 0 Å². The molecule has 0 heterocycles. The van der Waals surface area contributed by atoms with Gasteiger partial charge in [0.05, 0.1) is 25.7 Å². The summed E-state index contributed by atoms with van der Waals surface area (Å²) in [5, 5.41) is 8.10. The lowest BCUT2D eigenvalue weighted by Gasteiger charge is -2.16. The summed E-state index contributed by atoms with van der Waals surface area (Å²) in [6, 6.07) is 1.94. The van der Waals surface area contributed by atoms with Crippen LogP contribution in [0.1, 0.15) is 76.7 Å². The lowest BCUT2D eigenvalue weighted by molar-refractivity contribution is -0.117. The molecular weight excluding hydrogens is 374 g/mol. The van der Waals surface area contributed by atoms with Crippen molar-refractivity contribution in [2.45, 2.75) is 76.7 Å². The molecular formula is C22H51NO4S. The van der Waals surface area contributed by atoms with Crippen LogP contribution in [0.15, 0.2) is 0 Å². The van der Waals surface area contributed by atoms with Crippen molar-refractivity contribution >= 4 is 16.9 Å². The first kappa shape index (κ1) is 41.7. The standard InChI is InChI=1S/C8H16O2S.C7H16O.C4H7NO.3CH4/c1-8(2,3)7(9)11-6-5-10-4;1-7(2,3)5-6-8-4;1-6-4-2-3-5;;;/h5-6H2,1-4H3;5-6H2,1-4H3;2,4H2,1H3;3*1H4. The van der Waals surface area contributed by atoms with Crippen LogP contribution in [0.25, 0.3) is 0 Å². The Morgan fingerprint density at radius 1 is 0.857 bits per heavy atom. The van der Waals surface area contributed by atoms with E-state index in [0.717, 1.165) is 18.8 Å². The van der Waals surface area contributed by atoms with E-state index in [0.29, 0.717) is 25.0 Å². The predicted molar refractivity (Wildman–Crippen MR) is 127 cm³/mol. The van der Waals surface area contributed by atoms with Crippen molar-refractivity contribution in [1.29, 1.82) is 5.26 Å². The van der Waals surface area contributed by atoms with E-state index >= 15 is 0 Å². The van der Waals surface area contributed by atoms with Crippen LogP contribution in [-0.2, 0) is 19.0 Å². The minimum absolute atomic E-state index is 0. The third kappa shape index (κ3) is 44.7. The molecule has 0 amide bonds. The summed E-state index contributed by atoms with van der Waals surface area (Å²) in [6.07, 6.45) is 1.64. The fraction of sp³-hybridized carbons (Fsp3) is 0.909. The molecule has 174 valence electrons. The third-order valence-electron chi connectivity index (χ3n) is 2.61.